The zero-order chi connectivity index (χ0) is 14.3. The van der Waals surface area contributed by atoms with Gasteiger partial charge in [-0.05, 0) is 30.4 Å². The molecule has 19 heavy (non-hydrogen) atoms. The Balaban J connectivity index is 2.44. The smallest absolute Gasteiger partial charge is 0.0360 e. The van der Waals surface area contributed by atoms with Gasteiger partial charge in [-0.25, -0.2) is 0 Å². The van der Waals surface area contributed by atoms with Crippen molar-refractivity contribution in [2.75, 3.05) is 18.1 Å². The molecule has 0 spiro atoms. The molecule has 2 atom stereocenters. The third-order valence-electron chi connectivity index (χ3n) is 3.23. The second kappa shape index (κ2) is 8.49. The highest BCUT2D eigenvalue weighted by atomic mass is 32.2. The van der Waals surface area contributed by atoms with Crippen molar-refractivity contribution in [2.24, 2.45) is 5.92 Å². The number of rotatable bonds is 8. The summed E-state index contributed by atoms with van der Waals surface area (Å²) in [5, 5.41) is 3.43. The molecular formula is C16H27NOS. The van der Waals surface area contributed by atoms with Gasteiger partial charge in [-0.3, -0.25) is 4.21 Å². The van der Waals surface area contributed by atoms with Crippen molar-refractivity contribution in [3.05, 3.63) is 35.4 Å². The van der Waals surface area contributed by atoms with E-state index in [1.165, 1.54) is 11.1 Å². The lowest BCUT2D eigenvalue weighted by Gasteiger charge is -2.15. The third-order valence-corrected chi connectivity index (χ3v) is 4.53. The van der Waals surface area contributed by atoms with Gasteiger partial charge in [0, 0.05) is 34.9 Å². The number of hydrogen-bond acceptors (Lipinski definition) is 2. The Kier molecular flexibility index (Phi) is 7.32. The van der Waals surface area contributed by atoms with Crippen LogP contribution in [-0.2, 0) is 17.2 Å². The highest BCUT2D eigenvalue weighted by molar-refractivity contribution is 7.84. The number of hydrogen-bond donors (Lipinski definition) is 1. The Morgan fingerprint density at radius 3 is 2.32 bits per heavy atom. The summed E-state index contributed by atoms with van der Waals surface area (Å²) in [6.45, 7) is 9.42. The minimum absolute atomic E-state index is 0.321. The molecule has 0 fully saturated rings. The molecule has 0 aromatic heterocycles. The lowest BCUT2D eigenvalue weighted by atomic mass is 10.00. The van der Waals surface area contributed by atoms with E-state index in [1.807, 2.05) is 6.92 Å². The predicted octanol–water partition coefficient (Wildman–Crippen LogP) is 3.30. The molecule has 0 bridgehead atoms. The summed E-state index contributed by atoms with van der Waals surface area (Å²) in [5.74, 6) is 2.19. The molecule has 0 aliphatic heterocycles. The average molecular weight is 281 g/mol. The van der Waals surface area contributed by atoms with Gasteiger partial charge in [-0.1, -0.05) is 45.0 Å². The summed E-state index contributed by atoms with van der Waals surface area (Å²) in [5.41, 5.74) is 2.70. The molecule has 3 heteroatoms. The van der Waals surface area contributed by atoms with Gasteiger partial charge in [0.1, 0.15) is 0 Å². The molecule has 1 N–H and O–H groups in total. The molecule has 0 saturated heterocycles. The zero-order valence-corrected chi connectivity index (χ0v) is 13.4. The first-order chi connectivity index (χ1) is 9.02. The summed E-state index contributed by atoms with van der Waals surface area (Å²) in [6, 6.07) is 9.16. The molecule has 2 unspecified atom stereocenters. The molecule has 2 nitrogen and oxygen atoms in total. The Morgan fingerprint density at radius 1 is 1.16 bits per heavy atom. The predicted molar refractivity (Wildman–Crippen MR) is 85.0 cm³/mol. The van der Waals surface area contributed by atoms with E-state index in [0.717, 1.165) is 24.5 Å². The van der Waals surface area contributed by atoms with E-state index < -0.39 is 10.8 Å². The summed E-state index contributed by atoms with van der Waals surface area (Å²) < 4.78 is 11.3. The molecule has 0 radical (unpaired) electrons. The van der Waals surface area contributed by atoms with Crippen molar-refractivity contribution in [2.45, 2.75) is 40.2 Å². The van der Waals surface area contributed by atoms with Crippen LogP contribution in [0.5, 0.6) is 0 Å². The van der Waals surface area contributed by atoms with Crippen molar-refractivity contribution in [1.29, 1.82) is 0 Å². The standard InChI is InChI=1S/C16H27NOS/c1-5-19(18)11-10-17-14(4)16-8-6-15(7-9-16)12-13(2)3/h6-9,13-14,17H,5,10-12H2,1-4H3. The molecule has 108 valence electrons. The van der Waals surface area contributed by atoms with Crippen molar-refractivity contribution >= 4 is 10.8 Å². The Labute approximate surface area is 120 Å². The van der Waals surface area contributed by atoms with Gasteiger partial charge in [-0.2, -0.15) is 0 Å². The molecule has 0 heterocycles. The molecule has 0 aliphatic rings. The fraction of sp³-hybridized carbons (Fsp3) is 0.625. The van der Waals surface area contributed by atoms with Crippen LogP contribution in [0.2, 0.25) is 0 Å². The lowest BCUT2D eigenvalue weighted by Crippen LogP contribution is -2.24. The quantitative estimate of drug-likeness (QED) is 0.792. The highest BCUT2D eigenvalue weighted by Gasteiger charge is 2.05. The third kappa shape index (κ3) is 6.35. The van der Waals surface area contributed by atoms with E-state index in [0.29, 0.717) is 12.0 Å². The molecule has 1 aromatic carbocycles. The molecule has 1 rings (SSSR count). The van der Waals surface area contributed by atoms with Crippen LogP contribution in [0.15, 0.2) is 24.3 Å². The van der Waals surface area contributed by atoms with Gasteiger partial charge in [-0.15, -0.1) is 0 Å². The lowest BCUT2D eigenvalue weighted by molar-refractivity contribution is 0.595. The maximum Gasteiger partial charge on any atom is 0.0360 e. The van der Waals surface area contributed by atoms with Gasteiger partial charge in [0.15, 0.2) is 0 Å². The topological polar surface area (TPSA) is 29.1 Å². The van der Waals surface area contributed by atoms with Crippen LogP contribution >= 0.6 is 0 Å². The molecule has 1 aromatic rings. The Morgan fingerprint density at radius 2 is 1.79 bits per heavy atom. The van der Waals surface area contributed by atoms with Gasteiger partial charge >= 0.3 is 0 Å². The number of nitrogens with one attached hydrogen (secondary N) is 1. The normalized spacial score (nSPS) is 14.6. The van der Waals surface area contributed by atoms with E-state index >= 15 is 0 Å². The van der Waals surface area contributed by atoms with E-state index in [4.69, 9.17) is 0 Å². The van der Waals surface area contributed by atoms with Crippen LogP contribution in [0.25, 0.3) is 0 Å². The summed E-state index contributed by atoms with van der Waals surface area (Å²) in [4.78, 5) is 0. The Bertz CT molecular complexity index is 386. The summed E-state index contributed by atoms with van der Waals surface area (Å²) in [6.07, 6.45) is 1.14. The van der Waals surface area contributed by atoms with Crippen LogP contribution in [0.4, 0.5) is 0 Å². The van der Waals surface area contributed by atoms with Crippen LogP contribution in [0.1, 0.15) is 44.9 Å². The van der Waals surface area contributed by atoms with Crippen molar-refractivity contribution < 1.29 is 4.21 Å². The zero-order valence-electron chi connectivity index (χ0n) is 12.6. The molecule has 0 amide bonds. The average Bonchev–Trinajstić information content (AvgIpc) is 2.38. The molecular weight excluding hydrogens is 254 g/mol. The minimum Gasteiger partial charge on any atom is -0.309 e. The van der Waals surface area contributed by atoms with Gasteiger partial charge in [0.05, 0.1) is 0 Å². The second-order valence-corrected chi connectivity index (χ2v) is 7.31. The monoisotopic (exact) mass is 281 g/mol. The van der Waals surface area contributed by atoms with Gasteiger partial charge < -0.3 is 5.32 Å². The Hall–Kier alpha value is -0.670. The molecule has 0 aliphatic carbocycles. The van der Waals surface area contributed by atoms with Crippen LogP contribution < -0.4 is 5.32 Å². The maximum absolute atomic E-state index is 11.3. The summed E-state index contributed by atoms with van der Waals surface area (Å²) >= 11 is 0. The fourth-order valence-corrected chi connectivity index (χ4v) is 2.70. The van der Waals surface area contributed by atoms with Crippen molar-refractivity contribution in [3.8, 4) is 0 Å². The SMILES string of the molecule is CCS(=O)CCNC(C)c1ccc(CC(C)C)cc1. The highest BCUT2D eigenvalue weighted by Crippen LogP contribution is 2.15. The van der Waals surface area contributed by atoms with Crippen molar-refractivity contribution in [3.63, 3.8) is 0 Å². The summed E-state index contributed by atoms with van der Waals surface area (Å²) in [7, 11) is -0.673. The maximum atomic E-state index is 11.3. The van der Waals surface area contributed by atoms with Crippen LogP contribution in [-0.4, -0.2) is 22.3 Å². The van der Waals surface area contributed by atoms with Gasteiger partial charge in [0.25, 0.3) is 0 Å². The van der Waals surface area contributed by atoms with E-state index in [9.17, 15) is 4.21 Å². The van der Waals surface area contributed by atoms with Crippen LogP contribution in [0.3, 0.4) is 0 Å². The number of benzene rings is 1. The van der Waals surface area contributed by atoms with E-state index in [1.54, 1.807) is 0 Å². The largest absolute Gasteiger partial charge is 0.309 e. The second-order valence-electron chi connectivity index (χ2n) is 5.45. The van der Waals surface area contributed by atoms with E-state index in [2.05, 4.69) is 50.4 Å². The van der Waals surface area contributed by atoms with Crippen LogP contribution in [0, 0.1) is 5.92 Å². The minimum atomic E-state index is -0.673. The van der Waals surface area contributed by atoms with Crippen molar-refractivity contribution in [1.82, 2.24) is 5.32 Å². The first kappa shape index (κ1) is 16.4. The first-order valence-electron chi connectivity index (χ1n) is 7.20. The fourth-order valence-electron chi connectivity index (χ4n) is 2.07. The van der Waals surface area contributed by atoms with E-state index in [-0.39, 0.29) is 0 Å². The molecule has 0 saturated carbocycles. The first-order valence-corrected chi connectivity index (χ1v) is 8.69. The van der Waals surface area contributed by atoms with Gasteiger partial charge in [0.2, 0.25) is 0 Å².